The molecule has 0 aliphatic rings. The molecule has 0 saturated heterocycles. The number of nitrogens with zero attached hydrogens (tertiary/aromatic N) is 4. The summed E-state index contributed by atoms with van der Waals surface area (Å²) in [6.45, 7) is 0. The van der Waals surface area contributed by atoms with Crippen LogP contribution in [0.2, 0.25) is 0 Å². The average Bonchev–Trinajstić information content (AvgIpc) is 2.90. The zero-order valence-corrected chi connectivity index (χ0v) is 10.1. The summed E-state index contributed by atoms with van der Waals surface area (Å²) in [5.74, 6) is 0. The van der Waals surface area contributed by atoms with E-state index in [4.69, 9.17) is 0 Å². The Hall–Kier alpha value is -2.75. The van der Waals surface area contributed by atoms with Gasteiger partial charge in [0.2, 0.25) is 0 Å². The van der Waals surface area contributed by atoms with E-state index in [1.165, 1.54) is 0 Å². The van der Waals surface area contributed by atoms with Crippen molar-refractivity contribution in [3.05, 3.63) is 61.2 Å². The molecule has 0 radical (unpaired) electrons. The Morgan fingerprint density at radius 2 is 1.84 bits per heavy atom. The van der Waals surface area contributed by atoms with Crippen LogP contribution in [0.1, 0.15) is 0 Å². The van der Waals surface area contributed by atoms with Gasteiger partial charge < -0.3 is 0 Å². The summed E-state index contributed by atoms with van der Waals surface area (Å²) in [6, 6.07) is 12.0. The van der Waals surface area contributed by atoms with Gasteiger partial charge >= 0.3 is 0 Å². The Kier molecular flexibility index (Phi) is 2.08. The maximum Gasteiger partial charge on any atom is 0.154 e. The molecule has 90 valence electrons. The molecule has 4 heteroatoms. The second-order valence-electron chi connectivity index (χ2n) is 4.35. The van der Waals surface area contributed by atoms with Crippen molar-refractivity contribution in [1.29, 1.82) is 0 Å². The van der Waals surface area contributed by atoms with Gasteiger partial charge in [-0.15, -0.1) is 0 Å². The summed E-state index contributed by atoms with van der Waals surface area (Å²) < 4.78 is 1.84. The zero-order chi connectivity index (χ0) is 12.7. The largest absolute Gasteiger partial charge is 0.263 e. The molecule has 0 unspecified atom stereocenters. The second-order valence-corrected chi connectivity index (χ2v) is 4.35. The minimum Gasteiger partial charge on any atom is -0.263 e. The van der Waals surface area contributed by atoms with Crippen LogP contribution in [0.15, 0.2) is 61.2 Å². The molecule has 4 nitrogen and oxygen atoms in total. The molecule has 4 rings (SSSR count). The number of fused-ring (bicyclic) bond motifs is 2. The molecule has 19 heavy (non-hydrogen) atoms. The fourth-order valence-electron chi connectivity index (χ4n) is 2.33. The molecule has 1 aromatic carbocycles. The zero-order valence-electron chi connectivity index (χ0n) is 10.1. The Balaban J connectivity index is 2.10. The summed E-state index contributed by atoms with van der Waals surface area (Å²) in [7, 11) is 0. The van der Waals surface area contributed by atoms with Crippen LogP contribution in [0.4, 0.5) is 0 Å². The van der Waals surface area contributed by atoms with E-state index >= 15 is 0 Å². The third kappa shape index (κ3) is 1.50. The van der Waals surface area contributed by atoms with Crippen molar-refractivity contribution in [2.75, 3.05) is 0 Å². The van der Waals surface area contributed by atoms with Gasteiger partial charge in [-0.25, -0.2) is 9.50 Å². The number of hydrogen-bond donors (Lipinski definition) is 0. The van der Waals surface area contributed by atoms with E-state index in [0.29, 0.717) is 0 Å². The van der Waals surface area contributed by atoms with Crippen molar-refractivity contribution in [2.45, 2.75) is 0 Å². The SMILES string of the molecule is c1ccc2c(-c3cnc4cccnn34)cncc2c1. The van der Waals surface area contributed by atoms with E-state index in [-0.39, 0.29) is 0 Å². The molecule has 0 fully saturated rings. The van der Waals surface area contributed by atoms with Crippen molar-refractivity contribution in [3.63, 3.8) is 0 Å². The van der Waals surface area contributed by atoms with Crippen molar-refractivity contribution >= 4 is 16.4 Å². The van der Waals surface area contributed by atoms with Crippen molar-refractivity contribution < 1.29 is 0 Å². The minimum atomic E-state index is 0.838. The monoisotopic (exact) mass is 246 g/mol. The molecule has 3 aromatic heterocycles. The summed E-state index contributed by atoms with van der Waals surface area (Å²) in [5.41, 5.74) is 2.84. The van der Waals surface area contributed by atoms with Crippen LogP contribution >= 0.6 is 0 Å². The highest BCUT2D eigenvalue weighted by molar-refractivity contribution is 5.95. The lowest BCUT2D eigenvalue weighted by Crippen LogP contribution is -1.93. The first-order valence-electron chi connectivity index (χ1n) is 6.05. The standard InChI is InChI=1S/C15H10N4/c1-2-5-12-11(4-1)8-16-9-13(12)14-10-17-15-6-3-7-18-19(14)15/h1-10H. The normalized spacial score (nSPS) is 11.2. The Labute approximate surface area is 109 Å². The maximum atomic E-state index is 4.37. The average molecular weight is 246 g/mol. The summed E-state index contributed by atoms with van der Waals surface area (Å²) in [6.07, 6.45) is 7.33. The Morgan fingerprint density at radius 1 is 0.895 bits per heavy atom. The highest BCUT2D eigenvalue weighted by Gasteiger charge is 2.09. The van der Waals surface area contributed by atoms with Gasteiger partial charge in [0.1, 0.15) is 0 Å². The highest BCUT2D eigenvalue weighted by Crippen LogP contribution is 2.27. The number of rotatable bonds is 1. The molecule has 0 N–H and O–H groups in total. The van der Waals surface area contributed by atoms with Crippen LogP contribution in [0.5, 0.6) is 0 Å². The topological polar surface area (TPSA) is 43.1 Å². The third-order valence-corrected chi connectivity index (χ3v) is 3.22. The van der Waals surface area contributed by atoms with E-state index in [1.807, 2.05) is 47.4 Å². The molecule has 0 spiro atoms. The minimum absolute atomic E-state index is 0.838. The predicted octanol–water partition coefficient (Wildman–Crippen LogP) is 2.94. The van der Waals surface area contributed by atoms with Crippen LogP contribution in [-0.4, -0.2) is 19.6 Å². The molecular weight excluding hydrogens is 236 g/mol. The molecule has 0 amide bonds. The quantitative estimate of drug-likeness (QED) is 0.518. The predicted molar refractivity (Wildman–Crippen MR) is 73.7 cm³/mol. The lowest BCUT2D eigenvalue weighted by Gasteiger charge is -2.04. The second kappa shape index (κ2) is 3.88. The van der Waals surface area contributed by atoms with Gasteiger partial charge in [0.25, 0.3) is 0 Å². The van der Waals surface area contributed by atoms with Gasteiger partial charge in [0.15, 0.2) is 5.65 Å². The van der Waals surface area contributed by atoms with Crippen LogP contribution in [0.3, 0.4) is 0 Å². The van der Waals surface area contributed by atoms with Crippen LogP contribution < -0.4 is 0 Å². The van der Waals surface area contributed by atoms with E-state index < -0.39 is 0 Å². The van der Waals surface area contributed by atoms with Crippen LogP contribution in [-0.2, 0) is 0 Å². The van der Waals surface area contributed by atoms with Gasteiger partial charge in [-0.2, -0.15) is 5.10 Å². The van der Waals surface area contributed by atoms with Gasteiger partial charge in [-0.1, -0.05) is 24.3 Å². The van der Waals surface area contributed by atoms with E-state index in [1.54, 1.807) is 6.20 Å². The molecule has 0 aliphatic heterocycles. The molecule has 4 aromatic rings. The van der Waals surface area contributed by atoms with Crippen molar-refractivity contribution in [2.24, 2.45) is 0 Å². The smallest absolute Gasteiger partial charge is 0.154 e. The van der Waals surface area contributed by atoms with Crippen molar-refractivity contribution in [3.8, 4) is 11.3 Å². The number of imidazole rings is 1. The van der Waals surface area contributed by atoms with Gasteiger partial charge in [0, 0.05) is 29.5 Å². The first kappa shape index (κ1) is 10.2. The molecular formula is C15H10N4. The molecule has 0 bridgehead atoms. The Morgan fingerprint density at radius 3 is 2.84 bits per heavy atom. The molecule has 3 heterocycles. The summed E-state index contributed by atoms with van der Waals surface area (Å²) in [4.78, 5) is 8.68. The Bertz CT molecular complexity index is 874. The molecule has 0 atom stereocenters. The first-order valence-corrected chi connectivity index (χ1v) is 6.05. The van der Waals surface area contributed by atoms with Gasteiger partial charge in [-0.05, 0) is 17.5 Å². The maximum absolute atomic E-state index is 4.37. The van der Waals surface area contributed by atoms with E-state index in [2.05, 4.69) is 27.2 Å². The molecule has 0 aliphatic carbocycles. The summed E-state index contributed by atoms with van der Waals surface area (Å²) >= 11 is 0. The lowest BCUT2D eigenvalue weighted by atomic mass is 10.1. The fourth-order valence-corrected chi connectivity index (χ4v) is 2.33. The van der Waals surface area contributed by atoms with Crippen LogP contribution in [0, 0.1) is 0 Å². The number of hydrogen-bond acceptors (Lipinski definition) is 3. The van der Waals surface area contributed by atoms with E-state index in [0.717, 1.165) is 27.7 Å². The first-order chi connectivity index (χ1) is 9.43. The number of benzene rings is 1. The highest BCUT2D eigenvalue weighted by atomic mass is 15.2. The molecule has 0 saturated carbocycles. The summed E-state index contributed by atoms with van der Waals surface area (Å²) in [5, 5.41) is 6.62. The van der Waals surface area contributed by atoms with E-state index in [9.17, 15) is 0 Å². The fraction of sp³-hybridized carbons (Fsp3) is 0. The lowest BCUT2D eigenvalue weighted by molar-refractivity contribution is 0.943. The van der Waals surface area contributed by atoms with Crippen molar-refractivity contribution in [1.82, 2.24) is 19.6 Å². The third-order valence-electron chi connectivity index (χ3n) is 3.22. The van der Waals surface area contributed by atoms with Crippen LogP contribution in [0.25, 0.3) is 27.7 Å². The number of aromatic nitrogens is 4. The van der Waals surface area contributed by atoms with Gasteiger partial charge in [-0.3, -0.25) is 4.98 Å². The number of pyridine rings is 1. The van der Waals surface area contributed by atoms with Gasteiger partial charge in [0.05, 0.1) is 11.9 Å².